The molecule has 11 heteroatoms. The van der Waals surface area contributed by atoms with Crippen molar-refractivity contribution < 1.29 is 27.9 Å². The Labute approximate surface area is 243 Å². The van der Waals surface area contributed by atoms with Gasteiger partial charge in [-0.1, -0.05) is 68.4 Å². The SMILES string of the molecule is CC(C)C(NC(=O)C(C)n1cccc(NC(=O)Oc2ccccc2)c1=O)P(=O)(Oc1ccccc1)Oc1ccccc1. The van der Waals surface area contributed by atoms with Gasteiger partial charge in [-0.3, -0.25) is 14.9 Å². The highest BCUT2D eigenvalue weighted by Gasteiger charge is 2.43. The molecular weight excluding hydrogens is 557 g/mol. The molecule has 0 aliphatic carbocycles. The van der Waals surface area contributed by atoms with Crippen molar-refractivity contribution in [3.05, 3.63) is 120 Å². The average Bonchev–Trinajstić information content (AvgIpc) is 2.97. The summed E-state index contributed by atoms with van der Waals surface area (Å²) in [5.41, 5.74) is -0.709. The number of ether oxygens (including phenoxy) is 1. The summed E-state index contributed by atoms with van der Waals surface area (Å²) in [4.78, 5) is 39.1. The summed E-state index contributed by atoms with van der Waals surface area (Å²) in [6, 6.07) is 27.3. The lowest BCUT2D eigenvalue weighted by atomic mass is 10.2. The van der Waals surface area contributed by atoms with Crippen LogP contribution in [0.4, 0.5) is 10.5 Å². The van der Waals surface area contributed by atoms with Gasteiger partial charge in [0.2, 0.25) is 5.91 Å². The van der Waals surface area contributed by atoms with Crippen LogP contribution in [0, 0.1) is 5.92 Å². The molecule has 42 heavy (non-hydrogen) atoms. The molecule has 218 valence electrons. The molecule has 0 spiro atoms. The van der Waals surface area contributed by atoms with Gasteiger partial charge in [0.25, 0.3) is 5.56 Å². The van der Waals surface area contributed by atoms with E-state index in [1.807, 2.05) is 0 Å². The number of carbonyl (C=O) groups excluding carboxylic acids is 2. The summed E-state index contributed by atoms with van der Waals surface area (Å²) in [6.07, 6.45) is 0.565. The minimum Gasteiger partial charge on any atom is -0.415 e. The molecule has 1 aromatic heterocycles. The van der Waals surface area contributed by atoms with Crippen LogP contribution in [0.15, 0.2) is 114 Å². The predicted octanol–water partition coefficient (Wildman–Crippen LogP) is 6.47. The van der Waals surface area contributed by atoms with Crippen molar-refractivity contribution in [2.75, 3.05) is 5.32 Å². The van der Waals surface area contributed by atoms with Crippen LogP contribution in [-0.4, -0.2) is 22.4 Å². The van der Waals surface area contributed by atoms with E-state index in [0.29, 0.717) is 17.2 Å². The molecule has 3 aromatic carbocycles. The van der Waals surface area contributed by atoms with Gasteiger partial charge in [0, 0.05) is 6.20 Å². The molecule has 10 nitrogen and oxygen atoms in total. The van der Waals surface area contributed by atoms with Gasteiger partial charge >= 0.3 is 13.7 Å². The monoisotopic (exact) mass is 589 g/mol. The summed E-state index contributed by atoms with van der Waals surface area (Å²) in [7, 11) is -4.08. The first-order chi connectivity index (χ1) is 20.2. The summed E-state index contributed by atoms with van der Waals surface area (Å²) in [5, 5.41) is 5.21. The third-order valence-corrected chi connectivity index (χ3v) is 8.51. The first-order valence-electron chi connectivity index (χ1n) is 13.3. The van der Waals surface area contributed by atoms with Gasteiger partial charge in [-0.25, -0.2) is 9.36 Å². The highest BCUT2D eigenvalue weighted by Crippen LogP contribution is 2.54. The molecule has 0 radical (unpaired) electrons. The maximum Gasteiger partial charge on any atom is 0.453 e. The number of benzene rings is 3. The number of aromatic nitrogens is 1. The highest BCUT2D eigenvalue weighted by atomic mass is 31.2. The minimum atomic E-state index is -4.08. The predicted molar refractivity (Wildman–Crippen MR) is 160 cm³/mol. The van der Waals surface area contributed by atoms with Crippen LogP contribution in [0.2, 0.25) is 0 Å². The Hall–Kier alpha value is -4.82. The number of anilines is 1. The van der Waals surface area contributed by atoms with Gasteiger partial charge in [-0.15, -0.1) is 0 Å². The Morgan fingerprint density at radius 2 is 1.24 bits per heavy atom. The molecular formula is C31H32N3O7P. The fourth-order valence-corrected chi connectivity index (χ4v) is 6.14. The van der Waals surface area contributed by atoms with Crippen LogP contribution in [0.25, 0.3) is 0 Å². The van der Waals surface area contributed by atoms with Gasteiger partial charge in [-0.05, 0) is 61.4 Å². The molecule has 0 aliphatic rings. The lowest BCUT2D eigenvalue weighted by Crippen LogP contribution is -2.45. The van der Waals surface area contributed by atoms with Gasteiger partial charge in [0.15, 0.2) is 5.78 Å². The number of amides is 2. The van der Waals surface area contributed by atoms with E-state index in [1.165, 1.54) is 25.3 Å². The molecule has 0 aliphatic heterocycles. The normalized spacial score (nSPS) is 12.6. The summed E-state index contributed by atoms with van der Waals surface area (Å²) in [6.45, 7) is 5.07. The van der Waals surface area contributed by atoms with E-state index in [4.69, 9.17) is 13.8 Å². The van der Waals surface area contributed by atoms with Crippen molar-refractivity contribution in [1.29, 1.82) is 0 Å². The van der Waals surface area contributed by atoms with E-state index in [0.717, 1.165) is 4.57 Å². The summed E-state index contributed by atoms with van der Waals surface area (Å²) in [5.74, 6) is -1.15. The molecule has 2 N–H and O–H groups in total. The fourth-order valence-electron chi connectivity index (χ4n) is 4.03. The number of carbonyl (C=O) groups is 2. The molecule has 2 atom stereocenters. The van der Waals surface area contributed by atoms with Crippen LogP contribution >= 0.6 is 7.60 Å². The Bertz CT molecular complexity index is 1550. The maximum absolute atomic E-state index is 14.4. The Kier molecular flexibility index (Phi) is 9.83. The van der Waals surface area contributed by atoms with Crippen LogP contribution in [0.5, 0.6) is 17.2 Å². The Balaban J connectivity index is 1.56. The van der Waals surface area contributed by atoms with Crippen LogP contribution in [0.1, 0.15) is 26.8 Å². The second-order valence-electron chi connectivity index (χ2n) is 9.68. The number of para-hydroxylation sites is 3. The quantitative estimate of drug-likeness (QED) is 0.192. The van der Waals surface area contributed by atoms with Crippen molar-refractivity contribution in [2.45, 2.75) is 32.6 Å². The zero-order valence-corrected chi connectivity index (χ0v) is 24.3. The largest absolute Gasteiger partial charge is 0.453 e. The minimum absolute atomic E-state index is 0.0796. The van der Waals surface area contributed by atoms with Crippen molar-refractivity contribution >= 4 is 25.3 Å². The first kappa shape index (κ1) is 30.1. The average molecular weight is 590 g/mol. The molecule has 2 amide bonds. The second kappa shape index (κ2) is 13.7. The van der Waals surface area contributed by atoms with Crippen LogP contribution in [-0.2, 0) is 9.36 Å². The number of hydrogen-bond acceptors (Lipinski definition) is 7. The van der Waals surface area contributed by atoms with Crippen LogP contribution in [0.3, 0.4) is 0 Å². The van der Waals surface area contributed by atoms with E-state index >= 15 is 0 Å². The van der Waals surface area contributed by atoms with Crippen molar-refractivity contribution in [1.82, 2.24) is 9.88 Å². The van der Waals surface area contributed by atoms with E-state index in [2.05, 4.69) is 10.6 Å². The molecule has 0 saturated heterocycles. The zero-order chi connectivity index (χ0) is 30.1. The zero-order valence-electron chi connectivity index (χ0n) is 23.4. The highest BCUT2D eigenvalue weighted by molar-refractivity contribution is 7.55. The smallest absolute Gasteiger partial charge is 0.415 e. The molecule has 0 saturated carbocycles. The fraction of sp³-hybridized carbons (Fsp3) is 0.194. The number of nitrogens with one attached hydrogen (secondary N) is 2. The van der Waals surface area contributed by atoms with E-state index in [-0.39, 0.29) is 5.69 Å². The topological polar surface area (TPSA) is 125 Å². The molecule has 4 aromatic rings. The maximum atomic E-state index is 14.4. The molecule has 0 fully saturated rings. The molecule has 2 unspecified atom stereocenters. The van der Waals surface area contributed by atoms with E-state index in [1.54, 1.807) is 105 Å². The Morgan fingerprint density at radius 3 is 1.74 bits per heavy atom. The summed E-state index contributed by atoms with van der Waals surface area (Å²) < 4.78 is 32.6. The summed E-state index contributed by atoms with van der Waals surface area (Å²) >= 11 is 0. The number of nitrogens with zero attached hydrogens (tertiary/aromatic N) is 1. The van der Waals surface area contributed by atoms with Crippen molar-refractivity contribution in [3.63, 3.8) is 0 Å². The lowest BCUT2D eigenvalue weighted by molar-refractivity contribution is -0.124. The van der Waals surface area contributed by atoms with Crippen LogP contribution < -0.4 is 30.0 Å². The molecule has 1 heterocycles. The van der Waals surface area contributed by atoms with Gasteiger partial charge in [0.05, 0.1) is 0 Å². The lowest BCUT2D eigenvalue weighted by Gasteiger charge is -2.31. The first-order valence-corrected chi connectivity index (χ1v) is 14.9. The van der Waals surface area contributed by atoms with Crippen molar-refractivity contribution in [2.24, 2.45) is 5.92 Å². The van der Waals surface area contributed by atoms with Gasteiger partial charge in [0.1, 0.15) is 29.0 Å². The molecule has 4 rings (SSSR count). The van der Waals surface area contributed by atoms with Gasteiger partial charge in [-0.2, -0.15) is 0 Å². The molecule has 0 bridgehead atoms. The number of hydrogen-bond donors (Lipinski definition) is 2. The third kappa shape index (κ3) is 7.67. The van der Waals surface area contributed by atoms with E-state index < -0.39 is 42.9 Å². The third-order valence-electron chi connectivity index (χ3n) is 6.18. The standard InChI is InChI=1S/C31H32N3O7P/c1-22(2)29(42(38,40-25-16-9-5-10-17-25)41-26-18-11-6-12-19-26)33-28(35)23(3)34-21-13-20-27(30(34)36)32-31(37)39-24-14-7-4-8-15-24/h4-23,29H,1-3H3,(H,32,37)(H,33,35). The Morgan fingerprint density at radius 1 is 0.738 bits per heavy atom. The second-order valence-corrected chi connectivity index (χ2v) is 11.7. The number of rotatable bonds is 11. The van der Waals surface area contributed by atoms with E-state index in [9.17, 15) is 18.9 Å². The van der Waals surface area contributed by atoms with Crippen molar-refractivity contribution in [3.8, 4) is 17.2 Å². The van der Waals surface area contributed by atoms with Gasteiger partial charge < -0.3 is 23.7 Å². The number of pyridine rings is 1.